The van der Waals surface area contributed by atoms with Gasteiger partial charge in [0.2, 0.25) is 0 Å². The van der Waals surface area contributed by atoms with Gasteiger partial charge in [-0.2, -0.15) is 13.2 Å². The van der Waals surface area contributed by atoms with Crippen molar-refractivity contribution in [3.63, 3.8) is 0 Å². The van der Waals surface area contributed by atoms with E-state index in [4.69, 9.17) is 4.74 Å². The van der Waals surface area contributed by atoms with Crippen molar-refractivity contribution in [2.75, 3.05) is 6.61 Å². The molecule has 0 aromatic carbocycles. The Kier molecular flexibility index (Phi) is 5.11. The van der Waals surface area contributed by atoms with E-state index >= 15 is 0 Å². The van der Waals surface area contributed by atoms with Crippen LogP contribution in [0, 0.1) is 5.41 Å². The van der Waals surface area contributed by atoms with Crippen LogP contribution in [0.2, 0.25) is 0 Å². The molecular weight excluding hydrogens is 209 g/mol. The first-order valence-corrected chi connectivity index (χ1v) is 4.93. The topological polar surface area (TPSA) is 26.3 Å². The zero-order valence-corrected chi connectivity index (χ0v) is 9.28. The second kappa shape index (κ2) is 5.37. The zero-order valence-electron chi connectivity index (χ0n) is 9.28. The molecule has 0 aromatic rings. The van der Waals surface area contributed by atoms with Crippen LogP contribution in [-0.2, 0) is 9.53 Å². The Labute approximate surface area is 87.8 Å². The molecule has 0 aliphatic rings. The lowest BCUT2D eigenvalue weighted by Crippen LogP contribution is -2.27. The first-order chi connectivity index (χ1) is 6.69. The summed E-state index contributed by atoms with van der Waals surface area (Å²) in [5.74, 6) is -0.438. The maximum atomic E-state index is 11.9. The van der Waals surface area contributed by atoms with E-state index < -0.39 is 24.0 Å². The highest BCUT2D eigenvalue weighted by molar-refractivity contribution is 5.75. The molecule has 0 aromatic heterocycles. The van der Waals surface area contributed by atoms with Gasteiger partial charge in [0.25, 0.3) is 0 Å². The van der Waals surface area contributed by atoms with E-state index in [0.717, 1.165) is 0 Å². The molecule has 0 unspecified atom stereocenters. The molecule has 90 valence electrons. The monoisotopic (exact) mass is 226 g/mol. The Balaban J connectivity index is 3.99. The molecule has 0 fully saturated rings. The number of alkyl halides is 3. The van der Waals surface area contributed by atoms with Crippen LogP contribution in [0.5, 0.6) is 0 Å². The Morgan fingerprint density at radius 1 is 1.20 bits per heavy atom. The van der Waals surface area contributed by atoms with Gasteiger partial charge in [-0.05, 0) is 33.6 Å². The zero-order chi connectivity index (χ0) is 12.1. The van der Waals surface area contributed by atoms with Crippen LogP contribution in [0.3, 0.4) is 0 Å². The molecule has 0 heterocycles. The SMILES string of the molecule is CCOC(=O)C(C)(C)CCCC(F)(F)F. The van der Waals surface area contributed by atoms with E-state index in [-0.39, 0.29) is 19.4 Å². The van der Waals surface area contributed by atoms with Gasteiger partial charge in [0.05, 0.1) is 12.0 Å². The number of hydrogen-bond donors (Lipinski definition) is 0. The molecule has 0 aliphatic heterocycles. The van der Waals surface area contributed by atoms with Gasteiger partial charge in [0.15, 0.2) is 0 Å². The quantitative estimate of drug-likeness (QED) is 0.672. The highest BCUT2D eigenvalue weighted by Gasteiger charge is 2.32. The van der Waals surface area contributed by atoms with Crippen molar-refractivity contribution in [3.8, 4) is 0 Å². The smallest absolute Gasteiger partial charge is 0.389 e. The number of ether oxygens (including phenoxy) is 1. The first kappa shape index (κ1) is 14.3. The van der Waals surface area contributed by atoms with Crippen LogP contribution in [0.1, 0.15) is 40.0 Å². The lowest BCUT2D eigenvalue weighted by atomic mass is 9.87. The van der Waals surface area contributed by atoms with Crippen molar-refractivity contribution in [1.82, 2.24) is 0 Å². The molecule has 0 saturated heterocycles. The van der Waals surface area contributed by atoms with Crippen LogP contribution in [0.25, 0.3) is 0 Å². The Bertz CT molecular complexity index is 209. The highest BCUT2D eigenvalue weighted by Crippen LogP contribution is 2.29. The van der Waals surface area contributed by atoms with E-state index in [1.807, 2.05) is 0 Å². The molecule has 0 spiro atoms. The second-order valence-corrected chi connectivity index (χ2v) is 4.07. The molecule has 0 saturated carbocycles. The van der Waals surface area contributed by atoms with E-state index in [2.05, 4.69) is 0 Å². The molecule has 0 atom stereocenters. The second-order valence-electron chi connectivity index (χ2n) is 4.07. The molecular formula is C10H17F3O2. The minimum atomic E-state index is -4.15. The lowest BCUT2D eigenvalue weighted by Gasteiger charge is -2.22. The number of carbonyl (C=O) groups excluding carboxylic acids is 1. The number of rotatable bonds is 5. The normalized spacial score (nSPS) is 12.7. The Morgan fingerprint density at radius 3 is 2.13 bits per heavy atom. The van der Waals surface area contributed by atoms with Gasteiger partial charge in [0, 0.05) is 6.42 Å². The minimum absolute atomic E-state index is 0.0463. The van der Waals surface area contributed by atoms with Gasteiger partial charge >= 0.3 is 12.1 Å². The molecule has 0 amide bonds. The molecule has 0 rings (SSSR count). The summed E-state index contributed by atoms with van der Waals surface area (Å²) in [5.41, 5.74) is -0.832. The van der Waals surface area contributed by atoms with Gasteiger partial charge in [-0.25, -0.2) is 0 Å². The van der Waals surface area contributed by atoms with Crippen molar-refractivity contribution in [2.45, 2.75) is 46.2 Å². The average molecular weight is 226 g/mol. The van der Waals surface area contributed by atoms with Crippen molar-refractivity contribution >= 4 is 5.97 Å². The van der Waals surface area contributed by atoms with E-state index in [9.17, 15) is 18.0 Å². The third-order valence-corrected chi connectivity index (χ3v) is 2.09. The van der Waals surface area contributed by atoms with Crippen molar-refractivity contribution in [2.24, 2.45) is 5.41 Å². The largest absolute Gasteiger partial charge is 0.466 e. The Morgan fingerprint density at radius 2 is 1.73 bits per heavy atom. The number of esters is 1. The first-order valence-electron chi connectivity index (χ1n) is 4.93. The third-order valence-electron chi connectivity index (χ3n) is 2.09. The van der Waals surface area contributed by atoms with Crippen LogP contribution in [0.15, 0.2) is 0 Å². The summed E-state index contributed by atoms with van der Waals surface area (Å²) < 4.78 is 40.4. The summed E-state index contributed by atoms with van der Waals surface area (Å²) in [6.07, 6.45) is -4.86. The summed E-state index contributed by atoms with van der Waals surface area (Å²) in [6.45, 7) is 5.12. The van der Waals surface area contributed by atoms with Gasteiger partial charge in [-0.3, -0.25) is 4.79 Å². The number of halogens is 3. The highest BCUT2D eigenvalue weighted by atomic mass is 19.4. The molecule has 0 radical (unpaired) electrons. The molecule has 5 heteroatoms. The van der Waals surface area contributed by atoms with Gasteiger partial charge in [-0.15, -0.1) is 0 Å². The average Bonchev–Trinajstić information content (AvgIpc) is 2.01. The lowest BCUT2D eigenvalue weighted by molar-refractivity contribution is -0.156. The van der Waals surface area contributed by atoms with E-state index in [1.165, 1.54) is 0 Å². The maximum Gasteiger partial charge on any atom is 0.389 e. The molecule has 2 nitrogen and oxygen atoms in total. The minimum Gasteiger partial charge on any atom is -0.466 e. The van der Waals surface area contributed by atoms with Gasteiger partial charge in [0.1, 0.15) is 0 Å². The summed E-state index contributed by atoms with van der Waals surface area (Å²) in [6, 6.07) is 0. The van der Waals surface area contributed by atoms with E-state index in [1.54, 1.807) is 20.8 Å². The number of carbonyl (C=O) groups is 1. The van der Waals surface area contributed by atoms with Crippen molar-refractivity contribution in [3.05, 3.63) is 0 Å². The standard InChI is InChI=1S/C10H17F3O2/c1-4-15-8(14)9(2,3)6-5-7-10(11,12)13/h4-7H2,1-3H3. The van der Waals surface area contributed by atoms with Gasteiger partial charge < -0.3 is 4.74 Å². The van der Waals surface area contributed by atoms with Crippen LogP contribution >= 0.6 is 0 Å². The van der Waals surface area contributed by atoms with Crippen LogP contribution in [-0.4, -0.2) is 18.8 Å². The fourth-order valence-corrected chi connectivity index (χ4v) is 1.16. The molecule has 0 N–H and O–H groups in total. The van der Waals surface area contributed by atoms with Crippen molar-refractivity contribution in [1.29, 1.82) is 0 Å². The fraction of sp³-hybridized carbons (Fsp3) is 0.900. The van der Waals surface area contributed by atoms with Crippen LogP contribution < -0.4 is 0 Å². The Hall–Kier alpha value is -0.740. The summed E-state index contributed by atoms with van der Waals surface area (Å²) in [4.78, 5) is 11.3. The molecule has 0 bridgehead atoms. The fourth-order valence-electron chi connectivity index (χ4n) is 1.16. The third kappa shape index (κ3) is 6.36. The summed E-state index contributed by atoms with van der Waals surface area (Å²) in [5, 5.41) is 0. The molecule has 0 aliphatic carbocycles. The summed E-state index contributed by atoms with van der Waals surface area (Å²) in [7, 11) is 0. The number of hydrogen-bond acceptors (Lipinski definition) is 2. The molecule has 15 heavy (non-hydrogen) atoms. The van der Waals surface area contributed by atoms with Crippen LogP contribution in [0.4, 0.5) is 13.2 Å². The predicted octanol–water partition coefficient (Wildman–Crippen LogP) is 3.31. The predicted molar refractivity (Wildman–Crippen MR) is 50.3 cm³/mol. The van der Waals surface area contributed by atoms with Gasteiger partial charge in [-0.1, -0.05) is 0 Å². The van der Waals surface area contributed by atoms with E-state index in [0.29, 0.717) is 0 Å². The summed E-state index contributed by atoms with van der Waals surface area (Å²) >= 11 is 0. The van der Waals surface area contributed by atoms with Crippen molar-refractivity contribution < 1.29 is 22.7 Å². The maximum absolute atomic E-state index is 11.9.